The minimum atomic E-state index is -2.86. The van der Waals surface area contributed by atoms with Crippen LogP contribution in [0.1, 0.15) is 32.6 Å². The van der Waals surface area contributed by atoms with Crippen LogP contribution in [0.4, 0.5) is 14.5 Å². The Kier molecular flexibility index (Phi) is 5.49. The van der Waals surface area contributed by atoms with Crippen molar-refractivity contribution in [2.24, 2.45) is 5.92 Å². The number of hydrogen-bond donors (Lipinski definition) is 1. The fraction of sp³-hybridized carbons (Fsp3) is 0.571. The highest BCUT2D eigenvalue weighted by atomic mass is 79.9. The third-order valence-corrected chi connectivity index (χ3v) is 4.32. The molecule has 0 heterocycles. The summed E-state index contributed by atoms with van der Waals surface area (Å²) in [5, 5.41) is 3.77. The summed E-state index contributed by atoms with van der Waals surface area (Å²) in [7, 11) is 0. The van der Waals surface area contributed by atoms with Crippen LogP contribution in [0.2, 0.25) is 5.02 Å². The van der Waals surface area contributed by atoms with Gasteiger partial charge in [-0.3, -0.25) is 0 Å². The van der Waals surface area contributed by atoms with Crippen LogP contribution in [-0.2, 0) is 0 Å². The molecule has 0 amide bonds. The first-order chi connectivity index (χ1) is 9.45. The van der Waals surface area contributed by atoms with E-state index in [0.29, 0.717) is 21.1 Å². The summed E-state index contributed by atoms with van der Waals surface area (Å²) < 4.78 is 30.1. The van der Waals surface area contributed by atoms with Gasteiger partial charge in [-0.2, -0.15) is 8.78 Å². The van der Waals surface area contributed by atoms with Crippen LogP contribution in [0.5, 0.6) is 5.75 Å². The quantitative estimate of drug-likeness (QED) is 0.736. The summed E-state index contributed by atoms with van der Waals surface area (Å²) in [5.41, 5.74) is 0.517. The van der Waals surface area contributed by atoms with E-state index in [1.165, 1.54) is 6.42 Å². The Bertz CT molecular complexity index is 473. The van der Waals surface area contributed by atoms with E-state index in [1.54, 1.807) is 12.1 Å². The maximum atomic E-state index is 12.5. The summed E-state index contributed by atoms with van der Waals surface area (Å²) in [6.07, 6.45) is 4.42. The highest BCUT2D eigenvalue weighted by Gasteiger charge is 2.22. The molecule has 2 rings (SSSR count). The van der Waals surface area contributed by atoms with Gasteiger partial charge in [0.2, 0.25) is 0 Å². The molecular formula is C14H17BrClF2NO. The number of nitrogens with one attached hydrogen (secondary N) is 1. The molecule has 1 aliphatic rings. The monoisotopic (exact) mass is 367 g/mol. The average molecular weight is 369 g/mol. The lowest BCUT2D eigenvalue weighted by Crippen LogP contribution is -2.26. The average Bonchev–Trinajstić information content (AvgIpc) is 2.33. The second-order valence-electron chi connectivity index (χ2n) is 5.26. The summed E-state index contributed by atoms with van der Waals surface area (Å²) in [6, 6.07) is 3.45. The molecule has 0 radical (unpaired) electrons. The molecule has 0 aromatic heterocycles. The van der Waals surface area contributed by atoms with Crippen LogP contribution in [0.3, 0.4) is 0 Å². The van der Waals surface area contributed by atoms with Gasteiger partial charge in [0, 0.05) is 11.1 Å². The predicted molar refractivity (Wildman–Crippen MR) is 80.8 cm³/mol. The SMILES string of the molecule is CC1CCCC(Nc2cc(Cl)cc(Br)c2OC(F)F)C1. The van der Waals surface area contributed by atoms with Gasteiger partial charge in [0.15, 0.2) is 5.75 Å². The summed E-state index contributed by atoms with van der Waals surface area (Å²) in [4.78, 5) is 0. The number of anilines is 1. The van der Waals surface area contributed by atoms with Gasteiger partial charge in [-0.1, -0.05) is 31.4 Å². The summed E-state index contributed by atoms with van der Waals surface area (Å²) >= 11 is 9.21. The third-order valence-electron chi connectivity index (χ3n) is 3.51. The summed E-state index contributed by atoms with van der Waals surface area (Å²) in [6.45, 7) is -0.656. The van der Waals surface area contributed by atoms with E-state index < -0.39 is 6.61 Å². The van der Waals surface area contributed by atoms with E-state index in [9.17, 15) is 8.78 Å². The Balaban J connectivity index is 2.20. The molecule has 1 aliphatic carbocycles. The molecule has 1 aromatic rings. The van der Waals surface area contributed by atoms with E-state index in [1.807, 2.05) is 0 Å². The van der Waals surface area contributed by atoms with E-state index in [4.69, 9.17) is 11.6 Å². The van der Waals surface area contributed by atoms with Crippen molar-refractivity contribution in [2.45, 2.75) is 45.3 Å². The molecule has 20 heavy (non-hydrogen) atoms. The Labute approximate surface area is 131 Å². The Hall–Kier alpha value is -0.550. The Morgan fingerprint density at radius 3 is 2.80 bits per heavy atom. The highest BCUT2D eigenvalue weighted by molar-refractivity contribution is 9.10. The number of halogens is 4. The van der Waals surface area contributed by atoms with Crippen molar-refractivity contribution in [3.8, 4) is 5.75 Å². The van der Waals surface area contributed by atoms with Crippen molar-refractivity contribution >= 4 is 33.2 Å². The molecule has 1 fully saturated rings. The fourth-order valence-corrected chi connectivity index (χ4v) is 3.57. The zero-order valence-corrected chi connectivity index (χ0v) is 13.5. The predicted octanol–water partition coefficient (Wildman–Crippen LogP) is 5.69. The van der Waals surface area contributed by atoms with E-state index >= 15 is 0 Å². The van der Waals surface area contributed by atoms with Crippen molar-refractivity contribution in [1.29, 1.82) is 0 Å². The van der Waals surface area contributed by atoms with Crippen LogP contribution in [0.15, 0.2) is 16.6 Å². The second-order valence-corrected chi connectivity index (χ2v) is 6.55. The van der Waals surface area contributed by atoms with Crippen molar-refractivity contribution in [3.63, 3.8) is 0 Å². The van der Waals surface area contributed by atoms with Gasteiger partial charge in [-0.25, -0.2) is 0 Å². The molecule has 1 saturated carbocycles. The molecule has 1 aromatic carbocycles. The third kappa shape index (κ3) is 4.22. The lowest BCUT2D eigenvalue weighted by molar-refractivity contribution is -0.0499. The zero-order chi connectivity index (χ0) is 14.7. The zero-order valence-electron chi connectivity index (χ0n) is 11.1. The molecule has 0 spiro atoms. The van der Waals surface area contributed by atoms with Gasteiger partial charge < -0.3 is 10.1 Å². The van der Waals surface area contributed by atoms with Crippen molar-refractivity contribution < 1.29 is 13.5 Å². The molecular weight excluding hydrogens is 352 g/mol. The molecule has 112 valence electrons. The first kappa shape index (κ1) is 15.8. The largest absolute Gasteiger partial charge is 0.431 e. The molecule has 0 bridgehead atoms. The van der Waals surface area contributed by atoms with Crippen molar-refractivity contribution in [2.75, 3.05) is 5.32 Å². The smallest absolute Gasteiger partial charge is 0.387 e. The normalized spacial score (nSPS) is 22.9. The standard InChI is InChI=1S/C14H17BrClF2NO/c1-8-3-2-4-10(5-8)19-12-7-9(16)6-11(15)13(12)20-14(17)18/h6-8,10,14,19H,2-5H2,1H3. The van der Waals surface area contributed by atoms with E-state index in [0.717, 1.165) is 19.3 Å². The number of rotatable bonds is 4. The maximum absolute atomic E-state index is 12.5. The van der Waals surface area contributed by atoms with E-state index in [-0.39, 0.29) is 11.8 Å². The van der Waals surface area contributed by atoms with Gasteiger partial charge >= 0.3 is 6.61 Å². The molecule has 2 atom stereocenters. The molecule has 6 heteroatoms. The topological polar surface area (TPSA) is 21.3 Å². The number of hydrogen-bond acceptors (Lipinski definition) is 2. The fourth-order valence-electron chi connectivity index (χ4n) is 2.66. The second kappa shape index (κ2) is 6.94. The number of ether oxygens (including phenoxy) is 1. The van der Waals surface area contributed by atoms with E-state index in [2.05, 4.69) is 32.9 Å². The van der Waals surface area contributed by atoms with Crippen molar-refractivity contribution in [1.82, 2.24) is 0 Å². The van der Waals surface area contributed by atoms with Gasteiger partial charge in [0.05, 0.1) is 10.2 Å². The Morgan fingerprint density at radius 1 is 1.40 bits per heavy atom. The van der Waals surface area contributed by atoms with Gasteiger partial charge in [0.1, 0.15) is 0 Å². The maximum Gasteiger partial charge on any atom is 0.387 e. The van der Waals surface area contributed by atoms with Gasteiger partial charge in [0.25, 0.3) is 0 Å². The molecule has 2 unspecified atom stereocenters. The van der Waals surface area contributed by atoms with Gasteiger partial charge in [-0.15, -0.1) is 0 Å². The highest BCUT2D eigenvalue weighted by Crippen LogP contribution is 2.39. The minimum absolute atomic E-state index is 0.114. The van der Waals surface area contributed by atoms with Gasteiger partial charge in [-0.05, 0) is 46.8 Å². The Morgan fingerprint density at radius 2 is 2.15 bits per heavy atom. The van der Waals surface area contributed by atoms with Crippen LogP contribution in [-0.4, -0.2) is 12.7 Å². The van der Waals surface area contributed by atoms with Crippen LogP contribution >= 0.6 is 27.5 Å². The minimum Gasteiger partial charge on any atom is -0.431 e. The van der Waals surface area contributed by atoms with Crippen molar-refractivity contribution in [3.05, 3.63) is 21.6 Å². The molecule has 2 nitrogen and oxygen atoms in total. The lowest BCUT2D eigenvalue weighted by atomic mass is 9.87. The lowest BCUT2D eigenvalue weighted by Gasteiger charge is -2.29. The summed E-state index contributed by atoms with van der Waals surface area (Å²) in [5.74, 6) is 0.756. The molecule has 0 aliphatic heterocycles. The molecule has 0 saturated heterocycles. The number of benzene rings is 1. The first-order valence-electron chi connectivity index (χ1n) is 6.66. The van der Waals surface area contributed by atoms with Crippen LogP contribution in [0.25, 0.3) is 0 Å². The molecule has 1 N–H and O–H groups in total. The first-order valence-corrected chi connectivity index (χ1v) is 7.83. The van der Waals surface area contributed by atoms with Crippen LogP contribution < -0.4 is 10.1 Å². The number of alkyl halides is 2. The van der Waals surface area contributed by atoms with Crippen LogP contribution in [0, 0.1) is 5.92 Å².